The molecule has 2 aliphatic heterocycles. The molecule has 24 heavy (non-hydrogen) atoms. The predicted molar refractivity (Wildman–Crippen MR) is 91.2 cm³/mol. The Kier molecular flexibility index (Phi) is 8.85. The zero-order valence-corrected chi connectivity index (χ0v) is 15.6. The third-order valence-electron chi connectivity index (χ3n) is 4.21. The molecule has 0 aromatic carbocycles. The molecule has 1 amide bonds. The number of ether oxygens (including phenoxy) is 2. The van der Waals surface area contributed by atoms with Crippen LogP contribution in [0.1, 0.15) is 6.42 Å². The van der Waals surface area contributed by atoms with E-state index in [9.17, 15) is 13.2 Å². The molecule has 2 aliphatic rings. The van der Waals surface area contributed by atoms with Crippen molar-refractivity contribution in [1.82, 2.24) is 13.5 Å². The van der Waals surface area contributed by atoms with Crippen LogP contribution in [0.4, 0.5) is 0 Å². The summed E-state index contributed by atoms with van der Waals surface area (Å²) < 4.78 is 38.3. The number of hydrogen-bond donors (Lipinski definition) is 1. The van der Waals surface area contributed by atoms with Crippen LogP contribution in [0.2, 0.25) is 0 Å². The standard InChI is InChI=1S/C13H26N4O5S.ClH/c1-21-12(11-14)10-13(18)15-2-4-16(5-3-15)23(19,20)17-6-8-22-9-7-17;/h12H,2-11,14H2,1H3;1H. The molecule has 0 saturated carbocycles. The summed E-state index contributed by atoms with van der Waals surface area (Å²) in [7, 11) is -1.94. The van der Waals surface area contributed by atoms with Gasteiger partial charge in [0.1, 0.15) is 0 Å². The van der Waals surface area contributed by atoms with Crippen molar-refractivity contribution in [2.24, 2.45) is 5.73 Å². The molecule has 2 saturated heterocycles. The smallest absolute Gasteiger partial charge is 0.282 e. The number of halogens is 1. The van der Waals surface area contributed by atoms with Crippen LogP contribution >= 0.6 is 12.4 Å². The first-order valence-corrected chi connectivity index (χ1v) is 9.22. The molecule has 2 N–H and O–H groups in total. The maximum atomic E-state index is 12.5. The van der Waals surface area contributed by atoms with Gasteiger partial charge in [0, 0.05) is 52.9 Å². The van der Waals surface area contributed by atoms with Crippen molar-refractivity contribution >= 4 is 28.5 Å². The van der Waals surface area contributed by atoms with Crippen molar-refractivity contribution in [3.63, 3.8) is 0 Å². The Balaban J connectivity index is 0.00000288. The highest BCUT2D eigenvalue weighted by Crippen LogP contribution is 2.15. The summed E-state index contributed by atoms with van der Waals surface area (Å²) in [5.41, 5.74) is 5.52. The average molecular weight is 387 g/mol. The van der Waals surface area contributed by atoms with Crippen LogP contribution in [0, 0.1) is 0 Å². The van der Waals surface area contributed by atoms with Gasteiger partial charge in [-0.3, -0.25) is 4.79 Å². The van der Waals surface area contributed by atoms with E-state index >= 15 is 0 Å². The second kappa shape index (κ2) is 9.85. The minimum absolute atomic E-state index is 0. The van der Waals surface area contributed by atoms with Crippen molar-refractivity contribution in [2.75, 3.05) is 66.1 Å². The van der Waals surface area contributed by atoms with Crippen molar-refractivity contribution in [3.8, 4) is 0 Å². The van der Waals surface area contributed by atoms with Gasteiger partial charge in [-0.15, -0.1) is 12.4 Å². The Morgan fingerprint density at radius 3 is 2.17 bits per heavy atom. The molecule has 2 fully saturated rings. The van der Waals surface area contributed by atoms with Crippen LogP contribution in [0.5, 0.6) is 0 Å². The summed E-state index contributed by atoms with van der Waals surface area (Å²) in [5, 5.41) is 0. The fourth-order valence-corrected chi connectivity index (χ4v) is 4.26. The van der Waals surface area contributed by atoms with Crippen molar-refractivity contribution in [2.45, 2.75) is 12.5 Å². The molecule has 1 unspecified atom stereocenters. The van der Waals surface area contributed by atoms with Gasteiger partial charge in [-0.1, -0.05) is 0 Å². The number of rotatable bonds is 6. The van der Waals surface area contributed by atoms with Crippen molar-refractivity contribution in [3.05, 3.63) is 0 Å². The molecular weight excluding hydrogens is 360 g/mol. The molecule has 142 valence electrons. The Hall–Kier alpha value is -0.490. The topological polar surface area (TPSA) is 105 Å². The molecular formula is C13H27ClN4O5S. The van der Waals surface area contributed by atoms with Crippen molar-refractivity contribution in [1.29, 1.82) is 0 Å². The molecule has 11 heteroatoms. The predicted octanol–water partition coefficient (Wildman–Crippen LogP) is -1.51. The second-order valence-electron chi connectivity index (χ2n) is 5.60. The SMILES string of the molecule is COC(CN)CC(=O)N1CCN(S(=O)(=O)N2CCOCC2)CC1.Cl. The van der Waals surface area contributed by atoms with Gasteiger partial charge in [-0.05, 0) is 0 Å². The van der Waals surface area contributed by atoms with E-state index in [0.29, 0.717) is 52.5 Å². The summed E-state index contributed by atoms with van der Waals surface area (Å²) in [6, 6.07) is 0. The third kappa shape index (κ3) is 5.25. The largest absolute Gasteiger partial charge is 0.380 e. The second-order valence-corrected chi connectivity index (χ2v) is 7.53. The Morgan fingerprint density at radius 1 is 1.12 bits per heavy atom. The lowest BCUT2D eigenvalue weighted by atomic mass is 10.2. The average Bonchev–Trinajstić information content (AvgIpc) is 2.60. The summed E-state index contributed by atoms with van der Waals surface area (Å²) in [5.74, 6) is -0.0503. The summed E-state index contributed by atoms with van der Waals surface area (Å²) in [4.78, 5) is 13.9. The van der Waals surface area contributed by atoms with E-state index in [0.717, 1.165) is 0 Å². The lowest BCUT2D eigenvalue weighted by Gasteiger charge is -2.37. The van der Waals surface area contributed by atoms with Crippen LogP contribution in [-0.4, -0.2) is 100 Å². The van der Waals surface area contributed by atoms with E-state index in [4.69, 9.17) is 15.2 Å². The molecule has 0 aliphatic carbocycles. The first-order chi connectivity index (χ1) is 11.0. The summed E-state index contributed by atoms with van der Waals surface area (Å²) >= 11 is 0. The van der Waals surface area contributed by atoms with Crippen LogP contribution < -0.4 is 5.73 Å². The van der Waals surface area contributed by atoms with Gasteiger partial charge in [0.05, 0.1) is 25.7 Å². The zero-order chi connectivity index (χ0) is 16.9. The number of amides is 1. The molecule has 2 rings (SSSR count). The zero-order valence-electron chi connectivity index (χ0n) is 13.9. The van der Waals surface area contributed by atoms with E-state index in [1.165, 1.54) is 15.7 Å². The van der Waals surface area contributed by atoms with E-state index in [2.05, 4.69) is 0 Å². The molecule has 0 radical (unpaired) electrons. The van der Waals surface area contributed by atoms with Crippen LogP contribution in [-0.2, 0) is 24.5 Å². The van der Waals surface area contributed by atoms with Gasteiger partial charge in [0.25, 0.3) is 10.2 Å². The van der Waals surface area contributed by atoms with Gasteiger partial charge >= 0.3 is 0 Å². The maximum absolute atomic E-state index is 12.5. The minimum atomic E-state index is -3.46. The van der Waals surface area contributed by atoms with E-state index in [-0.39, 0.29) is 37.4 Å². The molecule has 9 nitrogen and oxygen atoms in total. The van der Waals surface area contributed by atoms with E-state index in [1.54, 1.807) is 4.90 Å². The number of carbonyl (C=O) groups is 1. The van der Waals surface area contributed by atoms with Crippen LogP contribution in [0.25, 0.3) is 0 Å². The summed E-state index contributed by atoms with van der Waals surface area (Å²) in [6.45, 7) is 3.31. The molecule has 0 spiro atoms. The third-order valence-corrected chi connectivity index (χ3v) is 6.25. The number of methoxy groups -OCH3 is 1. The molecule has 0 bridgehead atoms. The van der Waals surface area contributed by atoms with Crippen LogP contribution in [0.15, 0.2) is 0 Å². The van der Waals surface area contributed by atoms with Crippen LogP contribution in [0.3, 0.4) is 0 Å². The molecule has 2 heterocycles. The first-order valence-electron chi connectivity index (χ1n) is 7.82. The number of morpholine rings is 1. The maximum Gasteiger partial charge on any atom is 0.282 e. The minimum Gasteiger partial charge on any atom is -0.380 e. The number of hydrogen-bond acceptors (Lipinski definition) is 6. The lowest BCUT2D eigenvalue weighted by molar-refractivity contribution is -0.134. The fourth-order valence-electron chi connectivity index (χ4n) is 2.70. The monoisotopic (exact) mass is 386 g/mol. The van der Waals surface area contributed by atoms with Gasteiger partial charge in [-0.25, -0.2) is 0 Å². The normalized spacial score (nSPS) is 22.0. The Labute approximate surface area is 149 Å². The Morgan fingerprint density at radius 2 is 1.67 bits per heavy atom. The number of carbonyl (C=O) groups excluding carboxylic acids is 1. The quantitative estimate of drug-likeness (QED) is 0.595. The van der Waals surface area contributed by atoms with Gasteiger partial charge in [0.2, 0.25) is 5.91 Å². The Bertz CT molecular complexity index is 489. The molecule has 1 atom stereocenters. The fraction of sp³-hybridized carbons (Fsp3) is 0.923. The van der Waals surface area contributed by atoms with Gasteiger partial charge in [0.15, 0.2) is 0 Å². The number of nitrogens with zero attached hydrogens (tertiary/aromatic N) is 3. The highest BCUT2D eigenvalue weighted by atomic mass is 35.5. The van der Waals surface area contributed by atoms with Crippen molar-refractivity contribution < 1.29 is 22.7 Å². The molecule has 0 aromatic rings. The van der Waals surface area contributed by atoms with E-state index in [1.807, 2.05) is 0 Å². The number of piperazine rings is 1. The van der Waals surface area contributed by atoms with Gasteiger partial charge in [-0.2, -0.15) is 17.0 Å². The highest BCUT2D eigenvalue weighted by Gasteiger charge is 2.34. The lowest BCUT2D eigenvalue weighted by Crippen LogP contribution is -2.56. The van der Waals surface area contributed by atoms with E-state index < -0.39 is 10.2 Å². The number of nitrogens with two attached hydrogens (primary N) is 1. The van der Waals surface area contributed by atoms with Gasteiger partial charge < -0.3 is 20.1 Å². The first kappa shape index (κ1) is 21.6. The molecule has 0 aromatic heterocycles. The summed E-state index contributed by atoms with van der Waals surface area (Å²) in [6.07, 6.45) is -0.0685. The highest BCUT2D eigenvalue weighted by molar-refractivity contribution is 7.86.